The molecule has 0 aliphatic carbocycles. The zero-order chi connectivity index (χ0) is 24.4. The normalized spacial score (nSPS) is 14.5. The molecule has 0 spiro atoms. The molecule has 4 rings (SSSR count). The number of imide groups is 1. The molecule has 9 heteroatoms. The van der Waals surface area contributed by atoms with E-state index in [9.17, 15) is 19.7 Å². The van der Waals surface area contributed by atoms with Crippen molar-refractivity contribution in [2.75, 3.05) is 6.54 Å². The van der Waals surface area contributed by atoms with Crippen LogP contribution in [0.25, 0.3) is 11.8 Å². The lowest BCUT2D eigenvalue weighted by Gasteiger charge is -2.11. The number of carbonyl (C=O) groups is 2. The third-order valence-corrected chi connectivity index (χ3v) is 6.44. The molecule has 3 amide bonds. The van der Waals surface area contributed by atoms with Crippen LogP contribution in [0.1, 0.15) is 17.0 Å². The van der Waals surface area contributed by atoms with E-state index in [1.807, 2.05) is 44.2 Å². The fourth-order valence-corrected chi connectivity index (χ4v) is 4.60. The largest absolute Gasteiger partial charge is 0.329 e. The van der Waals surface area contributed by atoms with Gasteiger partial charge in [-0.3, -0.25) is 19.8 Å². The number of hydrogen-bond donors (Lipinski definition) is 1. The van der Waals surface area contributed by atoms with Crippen LogP contribution in [0.3, 0.4) is 0 Å². The topological polar surface area (TPSA) is 97.5 Å². The first kappa shape index (κ1) is 23.1. The highest BCUT2D eigenvalue weighted by Crippen LogP contribution is 2.31. The lowest BCUT2D eigenvalue weighted by Crippen LogP contribution is -2.30. The second kappa shape index (κ2) is 9.40. The molecule has 0 atom stereocenters. The van der Waals surface area contributed by atoms with Crippen LogP contribution in [-0.4, -0.2) is 32.9 Å². The minimum atomic E-state index is -0.453. The van der Waals surface area contributed by atoms with Gasteiger partial charge in [0.05, 0.1) is 4.92 Å². The Hall–Kier alpha value is -4.11. The monoisotopic (exact) mass is 474 g/mol. The summed E-state index contributed by atoms with van der Waals surface area (Å²) in [7, 11) is 0. The Labute approximate surface area is 200 Å². The maximum atomic E-state index is 12.5. The van der Waals surface area contributed by atoms with Crippen molar-refractivity contribution in [1.29, 1.82) is 0 Å². The van der Waals surface area contributed by atoms with Crippen LogP contribution in [-0.2, 0) is 4.79 Å². The number of aromatic nitrogens is 1. The van der Waals surface area contributed by atoms with E-state index in [1.54, 1.807) is 18.2 Å². The van der Waals surface area contributed by atoms with Crippen molar-refractivity contribution >= 4 is 35.5 Å². The first-order chi connectivity index (χ1) is 16.3. The summed E-state index contributed by atoms with van der Waals surface area (Å²) in [6, 6.07) is 16.0. The van der Waals surface area contributed by atoms with Crippen molar-refractivity contribution in [2.45, 2.75) is 23.6 Å². The minimum Gasteiger partial charge on any atom is -0.318 e. The van der Waals surface area contributed by atoms with Crippen LogP contribution >= 0.6 is 11.8 Å². The van der Waals surface area contributed by atoms with Crippen LogP contribution in [0.15, 0.2) is 82.7 Å². The number of hydrogen-bond acceptors (Lipinski definition) is 5. The van der Waals surface area contributed by atoms with Gasteiger partial charge in [0.2, 0.25) is 0 Å². The molecular weight excluding hydrogens is 452 g/mol. The van der Waals surface area contributed by atoms with E-state index in [0.717, 1.165) is 37.3 Å². The lowest BCUT2D eigenvalue weighted by molar-refractivity contribution is -0.384. The molecule has 2 heterocycles. The molecule has 1 N–H and O–H groups in total. The number of carbonyl (C=O) groups excluding carboxylic acids is 2. The molecule has 1 aromatic heterocycles. The lowest BCUT2D eigenvalue weighted by atomic mass is 10.2. The van der Waals surface area contributed by atoms with Gasteiger partial charge in [-0.1, -0.05) is 17.8 Å². The Morgan fingerprint density at radius 2 is 1.68 bits per heavy atom. The standard InChI is InChI=1S/C25H22N4O4S/c1-4-13-27-24(30)23(26-25(27)31)15-18-14-16(2)28(17(18)3)19-5-9-21(10-6-19)34-22-11-7-20(8-12-22)29(32)33/h4-12,14-15H,1,13H2,2-3H3,(H,26,31)/b23-15+. The Balaban J connectivity index is 1.55. The SMILES string of the molecule is C=CCN1C(=O)N/C(=C/c2cc(C)n(-c3ccc(Sc4ccc([N+](=O)[O-])cc4)cc3)c2C)C1=O. The molecule has 1 aliphatic heterocycles. The number of benzene rings is 2. The van der Waals surface area contributed by atoms with Gasteiger partial charge in [-0.05, 0) is 68.0 Å². The summed E-state index contributed by atoms with van der Waals surface area (Å²) in [6.07, 6.45) is 3.21. The summed E-state index contributed by atoms with van der Waals surface area (Å²) in [5, 5.41) is 13.4. The molecule has 8 nitrogen and oxygen atoms in total. The van der Waals surface area contributed by atoms with Gasteiger partial charge in [0.1, 0.15) is 5.70 Å². The van der Waals surface area contributed by atoms with Crippen LogP contribution < -0.4 is 5.32 Å². The number of non-ortho nitro benzene ring substituents is 1. The molecule has 3 aromatic rings. The molecule has 172 valence electrons. The molecule has 0 radical (unpaired) electrons. The van der Waals surface area contributed by atoms with E-state index in [-0.39, 0.29) is 23.8 Å². The Morgan fingerprint density at radius 1 is 1.06 bits per heavy atom. The fraction of sp³-hybridized carbons (Fsp3) is 0.120. The average Bonchev–Trinajstić information content (AvgIpc) is 3.24. The van der Waals surface area contributed by atoms with Crippen LogP contribution in [0.2, 0.25) is 0 Å². The van der Waals surface area contributed by atoms with Crippen LogP contribution in [0.4, 0.5) is 10.5 Å². The van der Waals surface area contributed by atoms with Gasteiger partial charge >= 0.3 is 6.03 Å². The van der Waals surface area contributed by atoms with Gasteiger partial charge in [0.25, 0.3) is 11.6 Å². The first-order valence-electron chi connectivity index (χ1n) is 10.5. The molecule has 2 aromatic carbocycles. The van der Waals surface area contributed by atoms with Gasteiger partial charge < -0.3 is 9.88 Å². The highest BCUT2D eigenvalue weighted by Gasteiger charge is 2.32. The number of nitrogens with one attached hydrogen (secondary N) is 1. The zero-order valence-electron chi connectivity index (χ0n) is 18.6. The van der Waals surface area contributed by atoms with Crippen molar-refractivity contribution in [2.24, 2.45) is 0 Å². The molecule has 1 saturated heterocycles. The number of aryl methyl sites for hydroxylation is 1. The van der Waals surface area contributed by atoms with E-state index < -0.39 is 11.0 Å². The molecule has 1 fully saturated rings. The number of nitro groups is 1. The fourth-order valence-electron chi connectivity index (χ4n) is 3.79. The van der Waals surface area contributed by atoms with Gasteiger partial charge in [0, 0.05) is 45.5 Å². The summed E-state index contributed by atoms with van der Waals surface area (Å²) in [6.45, 7) is 7.68. The third kappa shape index (κ3) is 4.51. The Bertz CT molecular complexity index is 1320. The first-order valence-corrected chi connectivity index (χ1v) is 11.3. The number of nitrogens with zero attached hydrogens (tertiary/aromatic N) is 3. The van der Waals surface area contributed by atoms with Crippen LogP contribution in [0, 0.1) is 24.0 Å². The molecule has 0 bridgehead atoms. The van der Waals surface area contributed by atoms with E-state index in [2.05, 4.69) is 16.5 Å². The third-order valence-electron chi connectivity index (χ3n) is 5.42. The van der Waals surface area contributed by atoms with E-state index in [4.69, 9.17) is 0 Å². The maximum Gasteiger partial charge on any atom is 0.329 e. The number of amides is 3. The molecule has 1 aliphatic rings. The summed E-state index contributed by atoms with van der Waals surface area (Å²) in [5.41, 5.74) is 4.02. The van der Waals surface area contributed by atoms with Crippen molar-refractivity contribution < 1.29 is 14.5 Å². The van der Waals surface area contributed by atoms with E-state index in [1.165, 1.54) is 30.0 Å². The summed E-state index contributed by atoms with van der Waals surface area (Å²) >= 11 is 1.52. The second-order valence-electron chi connectivity index (χ2n) is 7.70. The summed E-state index contributed by atoms with van der Waals surface area (Å²) in [5.74, 6) is -0.373. The highest BCUT2D eigenvalue weighted by atomic mass is 32.2. The zero-order valence-corrected chi connectivity index (χ0v) is 19.5. The van der Waals surface area contributed by atoms with Gasteiger partial charge in [-0.2, -0.15) is 0 Å². The highest BCUT2D eigenvalue weighted by molar-refractivity contribution is 7.99. The van der Waals surface area contributed by atoms with E-state index >= 15 is 0 Å². The van der Waals surface area contributed by atoms with Crippen LogP contribution in [0.5, 0.6) is 0 Å². The molecule has 34 heavy (non-hydrogen) atoms. The minimum absolute atomic E-state index is 0.0660. The predicted molar refractivity (Wildman–Crippen MR) is 131 cm³/mol. The van der Waals surface area contributed by atoms with Crippen molar-refractivity contribution in [3.8, 4) is 5.69 Å². The molecular formula is C25H22N4O4S. The smallest absolute Gasteiger partial charge is 0.318 e. The number of urea groups is 1. The van der Waals surface area contributed by atoms with Gasteiger partial charge in [-0.25, -0.2) is 4.79 Å². The second-order valence-corrected chi connectivity index (χ2v) is 8.85. The van der Waals surface area contributed by atoms with E-state index in [0.29, 0.717) is 0 Å². The predicted octanol–water partition coefficient (Wildman–Crippen LogP) is 5.23. The summed E-state index contributed by atoms with van der Waals surface area (Å²) in [4.78, 5) is 38.0. The van der Waals surface area contributed by atoms with Gasteiger partial charge in [-0.15, -0.1) is 6.58 Å². The number of rotatable bonds is 7. The molecule has 0 saturated carbocycles. The molecule has 0 unspecified atom stereocenters. The van der Waals surface area contributed by atoms with Gasteiger partial charge in [0.15, 0.2) is 0 Å². The number of nitro benzene ring substituents is 1. The Morgan fingerprint density at radius 3 is 2.26 bits per heavy atom. The van der Waals surface area contributed by atoms with Crippen molar-refractivity contribution in [1.82, 2.24) is 14.8 Å². The maximum absolute atomic E-state index is 12.5. The Kier molecular flexibility index (Phi) is 6.38. The average molecular weight is 475 g/mol. The van der Waals surface area contributed by atoms with Crippen molar-refractivity contribution in [3.05, 3.63) is 100 Å². The quantitative estimate of drug-likeness (QED) is 0.166. The summed E-state index contributed by atoms with van der Waals surface area (Å²) < 4.78 is 2.08. The van der Waals surface area contributed by atoms with Crippen molar-refractivity contribution in [3.63, 3.8) is 0 Å².